The average Bonchev–Trinajstić information content (AvgIpc) is 2.70. The minimum atomic E-state index is 0.340. The largest absolute Gasteiger partial charge is 0.490 e. The molecule has 1 aromatic rings. The van der Waals surface area contributed by atoms with Crippen LogP contribution in [0.3, 0.4) is 0 Å². The van der Waals surface area contributed by atoms with Crippen molar-refractivity contribution in [3.05, 3.63) is 23.8 Å². The van der Waals surface area contributed by atoms with Gasteiger partial charge in [-0.2, -0.15) is 11.8 Å². The van der Waals surface area contributed by atoms with Gasteiger partial charge in [-0.05, 0) is 43.7 Å². The second kappa shape index (κ2) is 6.49. The second-order valence-corrected chi connectivity index (χ2v) is 7.37. The third-order valence-corrected chi connectivity index (χ3v) is 6.12. The molecule has 1 aliphatic carbocycles. The normalized spacial score (nSPS) is 21.2. The summed E-state index contributed by atoms with van der Waals surface area (Å²) in [6.07, 6.45) is 7.25. The Hall–Kier alpha value is -0.870. The standard InChI is InChI=1S/C17H25NO2S/c1-13(18-12-17(21-2)7-3-8-17)14-5-6-15-16(11-14)20-10-4-9-19-15/h5-6,11,13,18H,3-4,7-10,12H2,1-2H3. The molecule has 1 unspecified atom stereocenters. The quantitative estimate of drug-likeness (QED) is 0.896. The van der Waals surface area contributed by atoms with Gasteiger partial charge in [0.1, 0.15) is 0 Å². The maximum absolute atomic E-state index is 5.78. The maximum atomic E-state index is 5.78. The highest BCUT2D eigenvalue weighted by molar-refractivity contribution is 8.00. The molecule has 0 saturated heterocycles. The van der Waals surface area contributed by atoms with E-state index in [-0.39, 0.29) is 0 Å². The van der Waals surface area contributed by atoms with Crippen LogP contribution in [0.5, 0.6) is 11.5 Å². The first-order valence-electron chi connectivity index (χ1n) is 7.90. The molecule has 1 saturated carbocycles. The van der Waals surface area contributed by atoms with Crippen LogP contribution in [-0.2, 0) is 0 Å². The minimum absolute atomic E-state index is 0.340. The molecule has 2 aliphatic rings. The van der Waals surface area contributed by atoms with Gasteiger partial charge in [-0.15, -0.1) is 0 Å². The van der Waals surface area contributed by atoms with E-state index in [1.165, 1.54) is 24.8 Å². The van der Waals surface area contributed by atoms with Crippen molar-refractivity contribution in [3.63, 3.8) is 0 Å². The lowest BCUT2D eigenvalue weighted by Gasteiger charge is -2.41. The predicted octanol–water partition coefficient (Wildman–Crippen LogP) is 3.78. The number of benzene rings is 1. The SMILES string of the molecule is CSC1(CNC(C)c2ccc3c(c2)OCCCO3)CCC1. The molecule has 3 rings (SSSR count). The first kappa shape index (κ1) is 15.0. The van der Waals surface area contributed by atoms with Crippen LogP contribution in [0, 0.1) is 0 Å². The zero-order valence-electron chi connectivity index (χ0n) is 13.0. The molecule has 0 amide bonds. The van der Waals surface area contributed by atoms with Crippen molar-refractivity contribution in [3.8, 4) is 11.5 Å². The topological polar surface area (TPSA) is 30.5 Å². The van der Waals surface area contributed by atoms with Crippen LogP contribution >= 0.6 is 11.8 Å². The predicted molar refractivity (Wildman–Crippen MR) is 88.6 cm³/mol. The minimum Gasteiger partial charge on any atom is -0.490 e. The van der Waals surface area contributed by atoms with E-state index in [2.05, 4.69) is 30.6 Å². The summed E-state index contributed by atoms with van der Waals surface area (Å²) in [6, 6.07) is 6.66. The van der Waals surface area contributed by atoms with Crippen molar-refractivity contribution in [1.29, 1.82) is 0 Å². The molecule has 1 fully saturated rings. The lowest BCUT2D eigenvalue weighted by Crippen LogP contribution is -2.43. The van der Waals surface area contributed by atoms with Crippen LogP contribution in [0.2, 0.25) is 0 Å². The molecular weight excluding hydrogens is 282 g/mol. The van der Waals surface area contributed by atoms with Gasteiger partial charge >= 0.3 is 0 Å². The van der Waals surface area contributed by atoms with Crippen LogP contribution in [0.25, 0.3) is 0 Å². The summed E-state index contributed by atoms with van der Waals surface area (Å²) in [5.74, 6) is 1.77. The van der Waals surface area contributed by atoms with Crippen LogP contribution in [0.4, 0.5) is 0 Å². The molecule has 0 bridgehead atoms. The monoisotopic (exact) mass is 307 g/mol. The van der Waals surface area contributed by atoms with E-state index in [4.69, 9.17) is 9.47 Å². The summed E-state index contributed by atoms with van der Waals surface area (Å²) < 4.78 is 11.9. The van der Waals surface area contributed by atoms with Crippen molar-refractivity contribution in [2.24, 2.45) is 0 Å². The molecule has 4 heteroatoms. The first-order valence-corrected chi connectivity index (χ1v) is 9.13. The molecule has 0 spiro atoms. The Kier molecular flexibility index (Phi) is 4.65. The Labute approximate surface area is 131 Å². The van der Waals surface area contributed by atoms with E-state index in [1.807, 2.05) is 17.8 Å². The van der Waals surface area contributed by atoms with Gasteiger partial charge in [-0.1, -0.05) is 12.5 Å². The third-order valence-electron chi connectivity index (χ3n) is 4.70. The van der Waals surface area contributed by atoms with E-state index >= 15 is 0 Å². The molecule has 116 valence electrons. The van der Waals surface area contributed by atoms with Gasteiger partial charge in [0.2, 0.25) is 0 Å². The molecule has 21 heavy (non-hydrogen) atoms. The number of fused-ring (bicyclic) bond motifs is 1. The van der Waals surface area contributed by atoms with Gasteiger partial charge < -0.3 is 14.8 Å². The number of thioether (sulfide) groups is 1. The highest BCUT2D eigenvalue weighted by atomic mass is 32.2. The Morgan fingerprint density at radius 1 is 1.19 bits per heavy atom. The molecule has 1 heterocycles. The summed E-state index contributed by atoms with van der Waals surface area (Å²) in [4.78, 5) is 0. The zero-order chi connectivity index (χ0) is 14.7. The maximum Gasteiger partial charge on any atom is 0.161 e. The van der Waals surface area contributed by atoms with Gasteiger partial charge in [0.15, 0.2) is 11.5 Å². The van der Waals surface area contributed by atoms with Gasteiger partial charge in [-0.3, -0.25) is 0 Å². The fourth-order valence-corrected chi connectivity index (χ4v) is 3.85. The Bertz CT molecular complexity index is 482. The summed E-state index contributed by atoms with van der Waals surface area (Å²) in [5.41, 5.74) is 1.27. The van der Waals surface area contributed by atoms with Gasteiger partial charge in [0.05, 0.1) is 13.2 Å². The van der Waals surface area contributed by atoms with Gasteiger partial charge in [0, 0.05) is 23.8 Å². The zero-order valence-corrected chi connectivity index (χ0v) is 13.8. The van der Waals surface area contributed by atoms with Crippen LogP contribution in [0.1, 0.15) is 44.2 Å². The van der Waals surface area contributed by atoms with Gasteiger partial charge in [0.25, 0.3) is 0 Å². The highest BCUT2D eigenvalue weighted by Crippen LogP contribution is 2.42. The smallest absolute Gasteiger partial charge is 0.161 e. The average molecular weight is 307 g/mol. The van der Waals surface area contributed by atoms with Crippen LogP contribution in [-0.4, -0.2) is 30.8 Å². The number of hydrogen-bond donors (Lipinski definition) is 1. The second-order valence-electron chi connectivity index (χ2n) is 6.10. The molecule has 0 radical (unpaired) electrons. The molecule has 3 nitrogen and oxygen atoms in total. The summed E-state index contributed by atoms with van der Waals surface area (Å²) >= 11 is 2.01. The van der Waals surface area contributed by atoms with Crippen molar-refractivity contribution >= 4 is 11.8 Å². The highest BCUT2D eigenvalue weighted by Gasteiger charge is 2.36. The molecular formula is C17H25NO2S. The third kappa shape index (κ3) is 3.32. The van der Waals surface area contributed by atoms with Gasteiger partial charge in [-0.25, -0.2) is 0 Å². The first-order chi connectivity index (χ1) is 10.2. The number of rotatable bonds is 5. The molecule has 1 aliphatic heterocycles. The van der Waals surface area contributed by atoms with E-state index in [9.17, 15) is 0 Å². The lowest BCUT2D eigenvalue weighted by molar-refractivity contribution is 0.297. The van der Waals surface area contributed by atoms with Crippen molar-refractivity contribution < 1.29 is 9.47 Å². The fourth-order valence-electron chi connectivity index (χ4n) is 2.93. The summed E-state index contributed by atoms with van der Waals surface area (Å²) in [6.45, 7) is 4.81. The van der Waals surface area contributed by atoms with Crippen LogP contribution in [0.15, 0.2) is 18.2 Å². The van der Waals surface area contributed by atoms with E-state index in [1.54, 1.807) is 0 Å². The molecule has 1 aromatic carbocycles. The summed E-state index contributed by atoms with van der Waals surface area (Å²) in [7, 11) is 0. The fraction of sp³-hybridized carbons (Fsp3) is 0.647. The molecule has 1 N–H and O–H groups in total. The van der Waals surface area contributed by atoms with Crippen molar-refractivity contribution in [2.75, 3.05) is 26.0 Å². The van der Waals surface area contributed by atoms with E-state index in [0.717, 1.165) is 37.7 Å². The van der Waals surface area contributed by atoms with E-state index in [0.29, 0.717) is 10.8 Å². The van der Waals surface area contributed by atoms with Crippen LogP contribution < -0.4 is 14.8 Å². The number of ether oxygens (including phenoxy) is 2. The lowest BCUT2D eigenvalue weighted by atomic mass is 9.84. The van der Waals surface area contributed by atoms with Crippen molar-refractivity contribution in [1.82, 2.24) is 5.32 Å². The summed E-state index contributed by atoms with van der Waals surface area (Å²) in [5, 5.41) is 3.70. The Balaban J connectivity index is 1.64. The Morgan fingerprint density at radius 3 is 2.62 bits per heavy atom. The van der Waals surface area contributed by atoms with E-state index < -0.39 is 0 Å². The molecule has 1 atom stereocenters. The van der Waals surface area contributed by atoms with Crippen molar-refractivity contribution in [2.45, 2.75) is 43.4 Å². The number of nitrogens with one attached hydrogen (secondary N) is 1. The Morgan fingerprint density at radius 2 is 1.95 bits per heavy atom. The number of hydrogen-bond acceptors (Lipinski definition) is 4. The molecule has 0 aromatic heterocycles.